The van der Waals surface area contributed by atoms with Crippen molar-refractivity contribution in [3.63, 3.8) is 0 Å². The van der Waals surface area contributed by atoms with Crippen LogP contribution in [-0.4, -0.2) is 4.98 Å². The largest absolute Gasteiger partial charge is 0.436 e. The van der Waals surface area contributed by atoms with Crippen LogP contribution in [0.15, 0.2) is 150 Å². The van der Waals surface area contributed by atoms with Crippen LogP contribution < -0.4 is 4.90 Å². The molecule has 0 radical (unpaired) electrons. The lowest BCUT2D eigenvalue weighted by Gasteiger charge is -2.26. The Bertz CT molecular complexity index is 2470. The van der Waals surface area contributed by atoms with Gasteiger partial charge in [0.05, 0.1) is 0 Å². The van der Waals surface area contributed by atoms with Crippen molar-refractivity contribution in [1.82, 2.24) is 4.98 Å². The monoisotopic (exact) mass is 568 g/mol. The minimum atomic E-state index is 0.655. The van der Waals surface area contributed by atoms with Crippen LogP contribution in [0.25, 0.3) is 64.3 Å². The number of oxazole rings is 1. The van der Waals surface area contributed by atoms with Crippen LogP contribution in [0.4, 0.5) is 17.1 Å². The quantitative estimate of drug-likeness (QED) is 0.211. The smallest absolute Gasteiger partial charge is 0.228 e. The molecule has 9 rings (SSSR count). The maximum atomic E-state index is 6.39. The molecule has 0 unspecified atom stereocenters. The molecule has 202 valence electrons. The van der Waals surface area contributed by atoms with E-state index >= 15 is 0 Å². The van der Waals surface area contributed by atoms with Crippen molar-refractivity contribution in [3.05, 3.63) is 146 Å². The molecule has 0 aliphatic rings. The summed E-state index contributed by atoms with van der Waals surface area (Å²) in [5, 5.41) is 7.12. The van der Waals surface area contributed by atoms with Gasteiger partial charge in [0.2, 0.25) is 5.89 Å². The van der Waals surface area contributed by atoms with Crippen molar-refractivity contribution in [2.75, 3.05) is 4.90 Å². The number of benzene rings is 7. The minimum absolute atomic E-state index is 0.655. The van der Waals surface area contributed by atoms with Crippen LogP contribution in [0.5, 0.6) is 0 Å². The van der Waals surface area contributed by atoms with Crippen molar-refractivity contribution >= 4 is 81.2 Å². The molecule has 0 bridgehead atoms. The van der Waals surface area contributed by atoms with Crippen molar-refractivity contribution in [3.8, 4) is 11.5 Å². The molecule has 0 fully saturated rings. The van der Waals surface area contributed by atoms with Crippen LogP contribution in [0.3, 0.4) is 0 Å². The van der Waals surface area contributed by atoms with E-state index in [-0.39, 0.29) is 0 Å². The number of para-hydroxylation sites is 1. The molecule has 0 spiro atoms. The van der Waals surface area contributed by atoms with E-state index in [0.717, 1.165) is 44.5 Å². The zero-order valence-corrected chi connectivity index (χ0v) is 23.9. The summed E-state index contributed by atoms with van der Waals surface area (Å²) < 4.78 is 8.83. The average Bonchev–Trinajstić information content (AvgIpc) is 3.67. The number of aromatic nitrogens is 1. The van der Waals surface area contributed by atoms with Gasteiger partial charge in [-0.1, -0.05) is 91.0 Å². The lowest BCUT2D eigenvalue weighted by molar-refractivity contribution is 0.621. The third-order valence-electron chi connectivity index (χ3n) is 8.26. The van der Waals surface area contributed by atoms with E-state index in [2.05, 4.69) is 144 Å². The summed E-state index contributed by atoms with van der Waals surface area (Å²) in [6.45, 7) is 0. The second kappa shape index (κ2) is 9.55. The number of anilines is 3. The number of fused-ring (bicyclic) bond motifs is 7. The fraction of sp³-hybridized carbons (Fsp3) is 0. The first-order valence-corrected chi connectivity index (χ1v) is 15.2. The van der Waals surface area contributed by atoms with Gasteiger partial charge >= 0.3 is 0 Å². The topological polar surface area (TPSA) is 29.3 Å². The summed E-state index contributed by atoms with van der Waals surface area (Å²) in [6, 6.07) is 51.5. The van der Waals surface area contributed by atoms with Crippen molar-refractivity contribution in [2.45, 2.75) is 0 Å². The van der Waals surface area contributed by atoms with Crippen LogP contribution in [0.1, 0.15) is 0 Å². The van der Waals surface area contributed by atoms with E-state index < -0.39 is 0 Å². The molecule has 9 aromatic rings. The summed E-state index contributed by atoms with van der Waals surface area (Å²) in [5.74, 6) is 0.655. The Labute approximate surface area is 251 Å². The van der Waals surface area contributed by atoms with Gasteiger partial charge in [0, 0.05) is 48.2 Å². The maximum absolute atomic E-state index is 6.39. The lowest BCUT2D eigenvalue weighted by Crippen LogP contribution is -2.09. The summed E-state index contributed by atoms with van der Waals surface area (Å²) in [7, 11) is 0. The second-order valence-electron chi connectivity index (χ2n) is 10.8. The summed E-state index contributed by atoms with van der Waals surface area (Å²) in [4.78, 5) is 7.36. The summed E-state index contributed by atoms with van der Waals surface area (Å²) in [5.41, 5.74) is 6.10. The van der Waals surface area contributed by atoms with Crippen molar-refractivity contribution < 1.29 is 4.42 Å². The van der Waals surface area contributed by atoms with Crippen LogP contribution in [0, 0.1) is 0 Å². The number of thiophene rings is 1. The van der Waals surface area contributed by atoms with Crippen LogP contribution in [0.2, 0.25) is 0 Å². The predicted octanol–water partition coefficient (Wildman–Crippen LogP) is 11.6. The van der Waals surface area contributed by atoms with Crippen molar-refractivity contribution in [2.24, 2.45) is 0 Å². The molecule has 4 heteroatoms. The molecule has 0 N–H and O–H groups in total. The number of nitrogens with zero attached hydrogens (tertiary/aromatic N) is 2. The zero-order chi connectivity index (χ0) is 28.3. The van der Waals surface area contributed by atoms with Gasteiger partial charge in [-0.25, -0.2) is 4.98 Å². The van der Waals surface area contributed by atoms with E-state index in [9.17, 15) is 0 Å². The molecule has 7 aromatic carbocycles. The standard InChI is InChI=1S/C39H24N2OS/c1-2-12-28(13-3-1)41(29-19-17-25-9-4-5-11-27(25)23-29)30-20-21-32-36(24-30)43-35-16-8-15-33(37(32)35)39-40-38-31-14-7-6-10-26(31)18-22-34(38)42-39/h1-24H. The van der Waals surface area contributed by atoms with E-state index in [1.165, 1.54) is 30.9 Å². The number of rotatable bonds is 4. The maximum Gasteiger partial charge on any atom is 0.228 e. The fourth-order valence-corrected chi connectivity index (χ4v) is 7.41. The molecule has 0 saturated carbocycles. The highest BCUT2D eigenvalue weighted by Crippen LogP contribution is 2.44. The Balaban J connectivity index is 1.22. The van der Waals surface area contributed by atoms with E-state index in [1.54, 1.807) is 0 Å². The van der Waals surface area contributed by atoms with Gasteiger partial charge in [0.25, 0.3) is 0 Å². The predicted molar refractivity (Wildman–Crippen MR) is 182 cm³/mol. The van der Waals surface area contributed by atoms with Gasteiger partial charge in [0.15, 0.2) is 5.58 Å². The lowest BCUT2D eigenvalue weighted by atomic mass is 10.0. The van der Waals surface area contributed by atoms with E-state index in [4.69, 9.17) is 9.40 Å². The third kappa shape index (κ3) is 3.92. The Morgan fingerprint density at radius 3 is 2.16 bits per heavy atom. The molecule has 0 amide bonds. The minimum Gasteiger partial charge on any atom is -0.436 e. The molecule has 2 aromatic heterocycles. The molecule has 2 heterocycles. The molecule has 0 aliphatic carbocycles. The molecular formula is C39H24N2OS. The van der Waals surface area contributed by atoms with E-state index in [0.29, 0.717) is 5.89 Å². The highest BCUT2D eigenvalue weighted by Gasteiger charge is 2.19. The Morgan fingerprint density at radius 2 is 1.26 bits per heavy atom. The van der Waals surface area contributed by atoms with Gasteiger partial charge in [-0.3, -0.25) is 0 Å². The zero-order valence-electron chi connectivity index (χ0n) is 23.1. The molecule has 0 aliphatic heterocycles. The van der Waals surface area contributed by atoms with E-state index in [1.807, 2.05) is 17.4 Å². The third-order valence-corrected chi connectivity index (χ3v) is 9.38. The normalized spacial score (nSPS) is 11.7. The van der Waals surface area contributed by atoms with Gasteiger partial charge in [-0.05, 0) is 70.8 Å². The highest BCUT2D eigenvalue weighted by atomic mass is 32.1. The Morgan fingerprint density at radius 1 is 0.512 bits per heavy atom. The molecule has 3 nitrogen and oxygen atoms in total. The molecule has 43 heavy (non-hydrogen) atoms. The first kappa shape index (κ1) is 24.2. The first-order chi connectivity index (χ1) is 21.3. The second-order valence-corrected chi connectivity index (χ2v) is 11.9. The Hall–Kier alpha value is -5.45. The van der Waals surface area contributed by atoms with Crippen LogP contribution in [-0.2, 0) is 0 Å². The Kier molecular flexibility index (Phi) is 5.37. The number of hydrogen-bond acceptors (Lipinski definition) is 4. The summed E-state index contributed by atoms with van der Waals surface area (Å²) in [6.07, 6.45) is 0. The highest BCUT2D eigenvalue weighted by molar-refractivity contribution is 7.26. The molecular weight excluding hydrogens is 545 g/mol. The van der Waals surface area contributed by atoms with Gasteiger partial charge in [-0.15, -0.1) is 11.3 Å². The van der Waals surface area contributed by atoms with Gasteiger partial charge in [0.1, 0.15) is 5.52 Å². The SMILES string of the molecule is c1ccc(N(c2ccc3ccccc3c2)c2ccc3c(c2)sc2cccc(-c4nc5c(ccc6ccccc65)o4)c23)cc1. The van der Waals surface area contributed by atoms with Gasteiger partial charge < -0.3 is 9.32 Å². The van der Waals surface area contributed by atoms with Crippen LogP contribution >= 0.6 is 11.3 Å². The average molecular weight is 569 g/mol. The molecule has 0 saturated heterocycles. The molecule has 0 atom stereocenters. The summed E-state index contributed by atoms with van der Waals surface area (Å²) >= 11 is 1.81. The van der Waals surface area contributed by atoms with Crippen molar-refractivity contribution in [1.29, 1.82) is 0 Å². The fourth-order valence-electron chi connectivity index (χ4n) is 6.25. The number of hydrogen-bond donors (Lipinski definition) is 0. The first-order valence-electron chi connectivity index (χ1n) is 14.4. The van der Waals surface area contributed by atoms with Gasteiger partial charge in [-0.2, -0.15) is 0 Å².